The van der Waals surface area contributed by atoms with Gasteiger partial charge >= 0.3 is 0 Å². The van der Waals surface area contributed by atoms with Gasteiger partial charge in [-0.2, -0.15) is 5.26 Å². The summed E-state index contributed by atoms with van der Waals surface area (Å²) in [5.74, 6) is 2.90. The fraction of sp³-hybridized carbons (Fsp3) is 0.444. The van der Waals surface area contributed by atoms with Crippen molar-refractivity contribution in [1.82, 2.24) is 0 Å². The maximum Gasteiger partial charge on any atom is 0.0950 e. The molecule has 0 bridgehead atoms. The Morgan fingerprint density at radius 2 is 2.20 bits per heavy atom. The fourth-order valence-electron chi connectivity index (χ4n) is 2.46. The van der Waals surface area contributed by atoms with Crippen LogP contribution in [0.1, 0.15) is 0 Å². The van der Waals surface area contributed by atoms with Crippen molar-refractivity contribution in [2.75, 3.05) is 0 Å². The molecule has 3 aliphatic carbocycles. The van der Waals surface area contributed by atoms with E-state index >= 15 is 0 Å². The average Bonchev–Trinajstić information content (AvgIpc) is 2.38. The maximum atomic E-state index is 8.67. The van der Waals surface area contributed by atoms with Crippen LogP contribution in [0.15, 0.2) is 23.8 Å². The quantitative estimate of drug-likeness (QED) is 0.455. The number of hydrogen-bond acceptors (Lipinski definition) is 1. The molecule has 0 N–H and O–H groups in total. The summed E-state index contributed by atoms with van der Waals surface area (Å²) in [6.45, 7) is 0. The van der Waals surface area contributed by atoms with E-state index in [4.69, 9.17) is 5.26 Å². The number of rotatable bonds is 0. The van der Waals surface area contributed by atoms with Crippen LogP contribution in [0.5, 0.6) is 0 Å². The number of nitrogens with zero attached hydrogens (tertiary/aromatic N) is 1. The lowest BCUT2D eigenvalue weighted by Crippen LogP contribution is -1.95. The maximum absolute atomic E-state index is 8.67. The standard InChI is InChI=1S/C9H7N/c10-4-5-3-8-7-2-1-6(5)9(7)8/h1-3,6-9H. The summed E-state index contributed by atoms with van der Waals surface area (Å²) in [5, 5.41) is 8.67. The van der Waals surface area contributed by atoms with Crippen molar-refractivity contribution >= 4 is 0 Å². The van der Waals surface area contributed by atoms with Gasteiger partial charge < -0.3 is 0 Å². The van der Waals surface area contributed by atoms with Gasteiger partial charge in [-0.3, -0.25) is 0 Å². The van der Waals surface area contributed by atoms with E-state index in [-0.39, 0.29) is 0 Å². The molecule has 1 fully saturated rings. The van der Waals surface area contributed by atoms with Crippen LogP contribution in [-0.4, -0.2) is 0 Å². The zero-order chi connectivity index (χ0) is 6.72. The number of allylic oxidation sites excluding steroid dienone is 4. The highest BCUT2D eigenvalue weighted by atomic mass is 14.6. The van der Waals surface area contributed by atoms with E-state index in [2.05, 4.69) is 24.3 Å². The molecule has 4 unspecified atom stereocenters. The van der Waals surface area contributed by atoms with Crippen molar-refractivity contribution in [1.29, 1.82) is 5.26 Å². The normalized spacial score (nSPS) is 52.1. The highest BCUT2D eigenvalue weighted by Gasteiger charge is 2.58. The van der Waals surface area contributed by atoms with Crippen LogP contribution >= 0.6 is 0 Å². The van der Waals surface area contributed by atoms with Gasteiger partial charge in [0.2, 0.25) is 0 Å². The molecule has 0 aromatic rings. The number of hydrogen-bond donors (Lipinski definition) is 0. The van der Waals surface area contributed by atoms with Gasteiger partial charge in [-0.1, -0.05) is 18.2 Å². The second-order valence-corrected chi connectivity index (χ2v) is 3.38. The van der Waals surface area contributed by atoms with E-state index in [1.54, 1.807) is 0 Å². The van der Waals surface area contributed by atoms with Gasteiger partial charge in [0.05, 0.1) is 6.07 Å². The molecular weight excluding hydrogens is 122 g/mol. The van der Waals surface area contributed by atoms with Crippen LogP contribution in [-0.2, 0) is 0 Å². The molecule has 0 saturated heterocycles. The molecule has 3 aliphatic rings. The van der Waals surface area contributed by atoms with Crippen LogP contribution in [0.4, 0.5) is 0 Å². The lowest BCUT2D eigenvalue weighted by Gasteiger charge is -1.99. The summed E-state index contributed by atoms with van der Waals surface area (Å²) >= 11 is 0. The largest absolute Gasteiger partial charge is 0.193 e. The highest BCUT2D eigenvalue weighted by molar-refractivity contribution is 5.45. The van der Waals surface area contributed by atoms with Crippen molar-refractivity contribution in [3.8, 4) is 6.07 Å². The second-order valence-electron chi connectivity index (χ2n) is 3.38. The average molecular weight is 129 g/mol. The lowest BCUT2D eigenvalue weighted by molar-refractivity contribution is 0.687. The summed E-state index contributed by atoms with van der Waals surface area (Å²) < 4.78 is 0. The van der Waals surface area contributed by atoms with Crippen LogP contribution in [0.25, 0.3) is 0 Å². The van der Waals surface area contributed by atoms with E-state index in [1.165, 1.54) is 0 Å². The molecule has 1 heteroatoms. The Kier molecular flexibility index (Phi) is 0.568. The van der Waals surface area contributed by atoms with E-state index in [1.807, 2.05) is 0 Å². The molecule has 0 aromatic carbocycles. The molecule has 0 heterocycles. The molecule has 1 nitrogen and oxygen atoms in total. The Bertz CT molecular complexity index is 292. The third-order valence-electron chi connectivity index (χ3n) is 3.01. The first-order valence-corrected chi connectivity index (χ1v) is 3.72. The Balaban J connectivity index is 2.12. The van der Waals surface area contributed by atoms with Crippen LogP contribution < -0.4 is 0 Å². The van der Waals surface area contributed by atoms with Gasteiger partial charge in [0, 0.05) is 11.5 Å². The van der Waals surface area contributed by atoms with Gasteiger partial charge in [-0.25, -0.2) is 0 Å². The lowest BCUT2D eigenvalue weighted by atomic mass is 10.0. The van der Waals surface area contributed by atoms with Crippen LogP contribution in [0.3, 0.4) is 0 Å². The summed E-state index contributed by atoms with van der Waals surface area (Å²) in [7, 11) is 0. The number of fused-ring (bicyclic) bond motifs is 1. The van der Waals surface area contributed by atoms with Crippen molar-refractivity contribution in [2.45, 2.75) is 0 Å². The topological polar surface area (TPSA) is 23.8 Å². The first-order chi connectivity index (χ1) is 4.92. The molecule has 10 heavy (non-hydrogen) atoms. The molecule has 48 valence electrons. The smallest absolute Gasteiger partial charge is 0.0950 e. The first kappa shape index (κ1) is 4.73. The zero-order valence-corrected chi connectivity index (χ0v) is 5.49. The molecule has 0 aromatic heterocycles. The van der Waals surface area contributed by atoms with Gasteiger partial charge in [0.25, 0.3) is 0 Å². The minimum absolute atomic E-state index is 0.514. The molecule has 4 atom stereocenters. The van der Waals surface area contributed by atoms with Crippen molar-refractivity contribution in [3.05, 3.63) is 23.8 Å². The molecule has 1 saturated carbocycles. The van der Waals surface area contributed by atoms with Crippen molar-refractivity contribution in [2.24, 2.45) is 23.7 Å². The van der Waals surface area contributed by atoms with E-state index in [0.29, 0.717) is 5.92 Å². The fourth-order valence-corrected chi connectivity index (χ4v) is 2.46. The van der Waals surface area contributed by atoms with Gasteiger partial charge in [-0.05, 0) is 17.8 Å². The zero-order valence-electron chi connectivity index (χ0n) is 5.49. The van der Waals surface area contributed by atoms with Crippen molar-refractivity contribution < 1.29 is 0 Å². The molecule has 0 spiro atoms. The monoisotopic (exact) mass is 129 g/mol. The summed E-state index contributed by atoms with van der Waals surface area (Å²) in [4.78, 5) is 0. The summed E-state index contributed by atoms with van der Waals surface area (Å²) in [5.41, 5.74) is 1.01. The van der Waals surface area contributed by atoms with Gasteiger partial charge in [-0.15, -0.1) is 0 Å². The molecule has 0 amide bonds. The predicted molar refractivity (Wildman–Crippen MR) is 36.8 cm³/mol. The predicted octanol–water partition coefficient (Wildman–Crippen LogP) is 1.50. The third kappa shape index (κ3) is 0.318. The van der Waals surface area contributed by atoms with Crippen molar-refractivity contribution in [3.63, 3.8) is 0 Å². The summed E-state index contributed by atoms with van der Waals surface area (Å²) in [6.07, 6.45) is 6.65. The first-order valence-electron chi connectivity index (χ1n) is 3.72. The van der Waals surface area contributed by atoms with Gasteiger partial charge in [0.1, 0.15) is 0 Å². The third-order valence-corrected chi connectivity index (χ3v) is 3.01. The minimum atomic E-state index is 0.514. The Morgan fingerprint density at radius 1 is 1.30 bits per heavy atom. The summed E-state index contributed by atoms with van der Waals surface area (Å²) in [6, 6.07) is 2.26. The second kappa shape index (κ2) is 1.20. The SMILES string of the molecule is N#CC1=CC2C3C=CC1C32. The Labute approximate surface area is 59.7 Å². The van der Waals surface area contributed by atoms with Crippen LogP contribution in [0.2, 0.25) is 0 Å². The van der Waals surface area contributed by atoms with E-state index < -0.39 is 0 Å². The van der Waals surface area contributed by atoms with E-state index in [9.17, 15) is 0 Å². The van der Waals surface area contributed by atoms with Crippen LogP contribution in [0, 0.1) is 35.0 Å². The number of nitriles is 1. The van der Waals surface area contributed by atoms with Gasteiger partial charge in [0.15, 0.2) is 0 Å². The highest BCUT2D eigenvalue weighted by Crippen LogP contribution is 2.63. The minimum Gasteiger partial charge on any atom is -0.193 e. The molecule has 3 rings (SSSR count). The van der Waals surface area contributed by atoms with E-state index in [0.717, 1.165) is 23.3 Å². The molecular formula is C9H7N. The molecule has 0 aliphatic heterocycles. The molecule has 0 radical (unpaired) electrons. The Morgan fingerprint density at radius 3 is 2.90 bits per heavy atom. The Hall–Kier alpha value is -1.03.